The van der Waals surface area contributed by atoms with Gasteiger partial charge in [0.2, 0.25) is 0 Å². The quantitative estimate of drug-likeness (QED) is 0.330. The lowest BCUT2D eigenvalue weighted by Gasteiger charge is -2.20. The highest BCUT2D eigenvalue weighted by Crippen LogP contribution is 2.33. The van der Waals surface area contributed by atoms with Crippen LogP contribution in [0.3, 0.4) is 0 Å². The third-order valence-corrected chi connectivity index (χ3v) is 5.92. The van der Waals surface area contributed by atoms with Crippen molar-refractivity contribution in [3.05, 3.63) is 72.3 Å². The molecule has 33 heavy (non-hydrogen) atoms. The van der Waals surface area contributed by atoms with Crippen LogP contribution in [-0.2, 0) is 12.7 Å². The average Bonchev–Trinajstić information content (AvgIpc) is 3.45. The van der Waals surface area contributed by atoms with Crippen molar-refractivity contribution in [2.75, 3.05) is 18.6 Å². The second-order valence-electron chi connectivity index (χ2n) is 7.02. The molecule has 2 heterocycles. The maximum absolute atomic E-state index is 13.3. The molecule has 0 fully saturated rings. The van der Waals surface area contributed by atoms with Gasteiger partial charge in [0.05, 0.1) is 29.2 Å². The van der Waals surface area contributed by atoms with Crippen molar-refractivity contribution in [1.82, 2.24) is 14.5 Å². The third-order valence-electron chi connectivity index (χ3n) is 4.88. The minimum absolute atomic E-state index is 0. The van der Waals surface area contributed by atoms with Crippen molar-refractivity contribution in [3.8, 4) is 5.75 Å². The predicted molar refractivity (Wildman–Crippen MR) is 123 cm³/mol. The molecule has 0 radical (unpaired) electrons. The molecule has 0 bridgehead atoms. The van der Waals surface area contributed by atoms with E-state index in [-0.39, 0.29) is 18.0 Å². The van der Waals surface area contributed by atoms with Crippen molar-refractivity contribution in [1.29, 1.82) is 0 Å². The first-order chi connectivity index (χ1) is 15.3. The summed E-state index contributed by atoms with van der Waals surface area (Å²) in [7, 11) is 1.57. The number of aryl methyl sites for hydroxylation is 1. The first kappa shape index (κ1) is 24.5. The SMILES string of the molecule is COc1ccc2nc(N(CCCn3ccnc3)C(=O)c3ccc(C(F)(F)F)cc3)sc2c1.Cl. The van der Waals surface area contributed by atoms with Crippen molar-refractivity contribution in [2.24, 2.45) is 0 Å². The van der Waals surface area contributed by atoms with Crippen molar-refractivity contribution >= 4 is 45.0 Å². The number of aromatic nitrogens is 3. The zero-order chi connectivity index (χ0) is 22.7. The number of fused-ring (bicyclic) bond motifs is 1. The summed E-state index contributed by atoms with van der Waals surface area (Å²) in [6, 6.07) is 9.66. The van der Waals surface area contributed by atoms with Gasteiger partial charge in [-0.05, 0) is 48.9 Å². The number of imidazole rings is 1. The normalized spacial score (nSPS) is 11.3. The van der Waals surface area contributed by atoms with Gasteiger partial charge < -0.3 is 9.30 Å². The van der Waals surface area contributed by atoms with Gasteiger partial charge in [-0.3, -0.25) is 9.69 Å². The summed E-state index contributed by atoms with van der Waals surface area (Å²) in [5.41, 5.74) is 0.0795. The highest BCUT2D eigenvalue weighted by atomic mass is 35.5. The molecule has 0 aliphatic heterocycles. The number of carbonyl (C=O) groups is 1. The van der Waals surface area contributed by atoms with Crippen LogP contribution in [0.15, 0.2) is 61.2 Å². The van der Waals surface area contributed by atoms with E-state index in [0.717, 1.165) is 16.8 Å². The Labute approximate surface area is 198 Å². The lowest BCUT2D eigenvalue weighted by molar-refractivity contribution is -0.137. The number of thiazole rings is 1. The standard InChI is InChI=1S/C22H19F3N4O2S.ClH/c1-31-17-7-8-18-19(13-17)32-21(27-18)29(11-2-10-28-12-9-26-14-28)20(30)15-3-5-16(6-4-15)22(23,24)25;/h3-9,12-14H,2,10-11H2,1H3;1H. The number of carbonyl (C=O) groups excluding carboxylic acids is 1. The summed E-state index contributed by atoms with van der Waals surface area (Å²) in [5, 5.41) is 0.476. The Balaban J connectivity index is 0.00000306. The first-order valence-corrected chi connectivity index (χ1v) is 10.6. The lowest BCUT2D eigenvalue weighted by atomic mass is 10.1. The fraction of sp³-hybridized carbons (Fsp3) is 0.227. The Morgan fingerprint density at radius 3 is 2.58 bits per heavy atom. The number of nitrogens with zero attached hydrogens (tertiary/aromatic N) is 4. The third kappa shape index (κ3) is 5.63. The van der Waals surface area contributed by atoms with Gasteiger partial charge in [-0.1, -0.05) is 11.3 Å². The predicted octanol–water partition coefficient (Wildman–Crippen LogP) is 5.68. The molecule has 0 unspecified atom stereocenters. The molecule has 1 amide bonds. The highest BCUT2D eigenvalue weighted by molar-refractivity contribution is 7.22. The number of halogens is 4. The molecule has 0 aliphatic carbocycles. The fourth-order valence-electron chi connectivity index (χ4n) is 3.21. The van der Waals surface area contributed by atoms with Gasteiger partial charge in [-0.15, -0.1) is 12.4 Å². The molecule has 0 spiro atoms. The van der Waals surface area contributed by atoms with Crippen LogP contribution in [0, 0.1) is 0 Å². The van der Waals surface area contributed by atoms with Crippen LogP contribution >= 0.6 is 23.7 Å². The van der Waals surface area contributed by atoms with Crippen LogP contribution in [0.4, 0.5) is 18.3 Å². The smallest absolute Gasteiger partial charge is 0.416 e. The largest absolute Gasteiger partial charge is 0.497 e. The van der Waals surface area contributed by atoms with E-state index in [9.17, 15) is 18.0 Å². The number of methoxy groups -OCH3 is 1. The summed E-state index contributed by atoms with van der Waals surface area (Å²) < 4.78 is 46.7. The van der Waals surface area contributed by atoms with Gasteiger partial charge in [-0.25, -0.2) is 9.97 Å². The fourth-order valence-corrected chi connectivity index (χ4v) is 4.23. The molecule has 11 heteroatoms. The lowest BCUT2D eigenvalue weighted by Crippen LogP contribution is -2.32. The second-order valence-corrected chi connectivity index (χ2v) is 8.03. The number of hydrogen-bond acceptors (Lipinski definition) is 5. The molecule has 4 aromatic rings. The number of hydrogen-bond donors (Lipinski definition) is 0. The molecule has 0 saturated heterocycles. The second kappa shape index (κ2) is 10.2. The summed E-state index contributed by atoms with van der Waals surface area (Å²) in [6.07, 6.45) is 1.34. The molecule has 174 valence electrons. The van der Waals surface area contributed by atoms with Crippen molar-refractivity contribution < 1.29 is 22.7 Å². The molecular weight excluding hydrogens is 477 g/mol. The van der Waals surface area contributed by atoms with E-state index in [1.165, 1.54) is 28.4 Å². The summed E-state index contributed by atoms with van der Waals surface area (Å²) in [4.78, 5) is 23.4. The van der Waals surface area contributed by atoms with Crippen molar-refractivity contribution in [3.63, 3.8) is 0 Å². The molecule has 0 saturated carbocycles. The minimum atomic E-state index is -4.46. The zero-order valence-corrected chi connectivity index (χ0v) is 19.1. The van der Waals surface area contributed by atoms with E-state index in [1.54, 1.807) is 31.8 Å². The summed E-state index contributed by atoms with van der Waals surface area (Å²) >= 11 is 1.33. The van der Waals surface area contributed by atoms with Crippen LogP contribution in [0.2, 0.25) is 0 Å². The Hall–Kier alpha value is -3.11. The van der Waals surface area contributed by atoms with Gasteiger partial charge in [0, 0.05) is 31.0 Å². The number of benzene rings is 2. The number of rotatable bonds is 7. The maximum atomic E-state index is 13.3. The van der Waals surface area contributed by atoms with E-state index in [4.69, 9.17) is 4.74 Å². The molecule has 2 aromatic carbocycles. The van der Waals surface area contributed by atoms with Crippen LogP contribution in [0.25, 0.3) is 10.2 Å². The van der Waals surface area contributed by atoms with Gasteiger partial charge in [0.25, 0.3) is 5.91 Å². The topological polar surface area (TPSA) is 60.2 Å². The van der Waals surface area contributed by atoms with E-state index in [0.29, 0.717) is 35.9 Å². The van der Waals surface area contributed by atoms with Gasteiger partial charge in [-0.2, -0.15) is 13.2 Å². The van der Waals surface area contributed by atoms with Crippen LogP contribution in [0.1, 0.15) is 22.3 Å². The van der Waals surface area contributed by atoms with E-state index >= 15 is 0 Å². The minimum Gasteiger partial charge on any atom is -0.497 e. The molecular formula is C22H20ClF3N4O2S. The number of amides is 1. The van der Waals surface area contributed by atoms with Crippen LogP contribution in [-0.4, -0.2) is 34.1 Å². The Morgan fingerprint density at radius 2 is 1.94 bits per heavy atom. The highest BCUT2D eigenvalue weighted by Gasteiger charge is 2.30. The van der Waals surface area contributed by atoms with Gasteiger partial charge >= 0.3 is 6.18 Å². The molecule has 4 rings (SSSR count). The monoisotopic (exact) mass is 496 g/mol. The average molecular weight is 497 g/mol. The van der Waals surface area contributed by atoms with Gasteiger partial charge in [0.15, 0.2) is 5.13 Å². The van der Waals surface area contributed by atoms with E-state index in [2.05, 4.69) is 9.97 Å². The van der Waals surface area contributed by atoms with E-state index < -0.39 is 17.6 Å². The molecule has 2 aromatic heterocycles. The Kier molecular flexibility index (Phi) is 7.60. The molecule has 6 nitrogen and oxygen atoms in total. The zero-order valence-electron chi connectivity index (χ0n) is 17.5. The van der Waals surface area contributed by atoms with Crippen molar-refractivity contribution in [2.45, 2.75) is 19.1 Å². The van der Waals surface area contributed by atoms with Crippen LogP contribution in [0.5, 0.6) is 5.75 Å². The molecule has 0 atom stereocenters. The summed E-state index contributed by atoms with van der Waals surface area (Å²) in [6.45, 7) is 0.977. The van der Waals surface area contributed by atoms with Crippen LogP contribution < -0.4 is 9.64 Å². The van der Waals surface area contributed by atoms with E-state index in [1.807, 2.05) is 16.8 Å². The Bertz CT molecular complexity index is 1210. The maximum Gasteiger partial charge on any atom is 0.416 e. The Morgan fingerprint density at radius 1 is 1.18 bits per heavy atom. The first-order valence-electron chi connectivity index (χ1n) is 9.74. The number of alkyl halides is 3. The molecule has 0 N–H and O–H groups in total. The molecule has 0 aliphatic rings. The van der Waals surface area contributed by atoms with Gasteiger partial charge in [0.1, 0.15) is 5.75 Å². The summed E-state index contributed by atoms with van der Waals surface area (Å²) in [5.74, 6) is 0.267. The number of ether oxygens (including phenoxy) is 1. The number of anilines is 1.